The van der Waals surface area contributed by atoms with Gasteiger partial charge in [0.2, 0.25) is 0 Å². The highest BCUT2D eigenvalue weighted by Gasteiger charge is 2.07. The van der Waals surface area contributed by atoms with E-state index < -0.39 is 0 Å². The molecule has 0 aliphatic heterocycles. The third-order valence-electron chi connectivity index (χ3n) is 2.08. The fraction of sp³-hybridized carbons (Fsp3) is 0.222. The standard InChI is InChI=1S/C9H9BrN2O2/c10-6-2-1-3-7-8(6)11-9(14)12(7)4-5-13/h1-3,13H,4-5H2,(H,11,14). The molecule has 0 spiro atoms. The van der Waals surface area contributed by atoms with E-state index >= 15 is 0 Å². The zero-order valence-electron chi connectivity index (χ0n) is 7.33. The van der Waals surface area contributed by atoms with E-state index in [0.29, 0.717) is 6.54 Å². The molecule has 0 saturated heterocycles. The Kier molecular flexibility index (Phi) is 2.43. The number of rotatable bonds is 2. The number of benzene rings is 1. The maximum Gasteiger partial charge on any atom is 0.326 e. The van der Waals surface area contributed by atoms with Gasteiger partial charge in [-0.2, -0.15) is 0 Å². The second kappa shape index (κ2) is 3.59. The fourth-order valence-electron chi connectivity index (χ4n) is 1.47. The Labute approximate surface area is 88.3 Å². The van der Waals surface area contributed by atoms with Crippen molar-refractivity contribution < 1.29 is 5.11 Å². The number of halogens is 1. The minimum absolute atomic E-state index is 0.0423. The summed E-state index contributed by atoms with van der Waals surface area (Å²) in [5, 5.41) is 8.81. The number of aliphatic hydroxyl groups excluding tert-OH is 1. The maximum atomic E-state index is 11.5. The van der Waals surface area contributed by atoms with Crippen LogP contribution in [0, 0.1) is 0 Å². The first-order chi connectivity index (χ1) is 6.74. The molecule has 0 radical (unpaired) electrons. The molecule has 14 heavy (non-hydrogen) atoms. The summed E-state index contributed by atoms with van der Waals surface area (Å²) in [6.45, 7) is 0.272. The van der Waals surface area contributed by atoms with Gasteiger partial charge in [0.25, 0.3) is 0 Å². The summed E-state index contributed by atoms with van der Waals surface area (Å²) in [7, 11) is 0. The van der Waals surface area contributed by atoms with Gasteiger partial charge in [-0.3, -0.25) is 4.57 Å². The van der Waals surface area contributed by atoms with Crippen molar-refractivity contribution in [2.45, 2.75) is 6.54 Å². The van der Waals surface area contributed by atoms with Crippen molar-refractivity contribution in [2.75, 3.05) is 6.61 Å². The van der Waals surface area contributed by atoms with Crippen LogP contribution in [0.1, 0.15) is 0 Å². The molecule has 1 aromatic heterocycles. The van der Waals surface area contributed by atoms with Crippen LogP contribution in [0.25, 0.3) is 11.0 Å². The molecule has 5 heteroatoms. The molecule has 0 unspecified atom stereocenters. The summed E-state index contributed by atoms with van der Waals surface area (Å²) < 4.78 is 2.36. The molecule has 2 N–H and O–H groups in total. The molecule has 0 saturated carbocycles. The van der Waals surface area contributed by atoms with Gasteiger partial charge in [0.15, 0.2) is 0 Å². The average Bonchev–Trinajstić information content (AvgIpc) is 2.47. The molecule has 2 rings (SSSR count). The number of fused-ring (bicyclic) bond motifs is 1. The number of para-hydroxylation sites is 1. The highest BCUT2D eigenvalue weighted by atomic mass is 79.9. The number of nitrogens with one attached hydrogen (secondary N) is 1. The Hall–Kier alpha value is -1.07. The number of aromatic amines is 1. The van der Waals surface area contributed by atoms with E-state index in [0.717, 1.165) is 15.5 Å². The normalized spacial score (nSPS) is 11.0. The van der Waals surface area contributed by atoms with Crippen LogP contribution in [0.15, 0.2) is 27.5 Å². The molecular formula is C9H9BrN2O2. The van der Waals surface area contributed by atoms with E-state index in [-0.39, 0.29) is 12.3 Å². The van der Waals surface area contributed by atoms with Crippen LogP contribution in [-0.4, -0.2) is 21.3 Å². The highest BCUT2D eigenvalue weighted by molar-refractivity contribution is 9.10. The Balaban J connectivity index is 2.77. The Morgan fingerprint density at radius 2 is 2.29 bits per heavy atom. The monoisotopic (exact) mass is 256 g/mol. The molecule has 0 aliphatic carbocycles. The molecule has 1 heterocycles. The summed E-state index contributed by atoms with van der Waals surface area (Å²) in [5.74, 6) is 0. The van der Waals surface area contributed by atoms with E-state index in [4.69, 9.17) is 5.11 Å². The van der Waals surface area contributed by atoms with Crippen LogP contribution in [0.4, 0.5) is 0 Å². The Bertz CT molecular complexity index is 515. The topological polar surface area (TPSA) is 58.0 Å². The minimum atomic E-state index is -0.194. The molecule has 0 fully saturated rings. The SMILES string of the molecule is O=c1[nH]c2c(Br)cccc2n1CCO. The van der Waals surface area contributed by atoms with E-state index in [1.807, 2.05) is 18.2 Å². The van der Waals surface area contributed by atoms with Crippen molar-refractivity contribution in [3.63, 3.8) is 0 Å². The van der Waals surface area contributed by atoms with Gasteiger partial charge in [0.1, 0.15) is 0 Å². The predicted molar refractivity (Wildman–Crippen MR) is 57.3 cm³/mol. The molecular weight excluding hydrogens is 248 g/mol. The first-order valence-electron chi connectivity index (χ1n) is 4.22. The van der Waals surface area contributed by atoms with Gasteiger partial charge in [-0.05, 0) is 28.1 Å². The Morgan fingerprint density at radius 3 is 3.00 bits per heavy atom. The third-order valence-corrected chi connectivity index (χ3v) is 2.74. The lowest BCUT2D eigenvalue weighted by Crippen LogP contribution is -2.18. The van der Waals surface area contributed by atoms with Crippen LogP contribution in [0.5, 0.6) is 0 Å². The number of nitrogens with zero attached hydrogens (tertiary/aromatic N) is 1. The number of H-pyrrole nitrogens is 1. The second-order valence-electron chi connectivity index (χ2n) is 2.94. The van der Waals surface area contributed by atoms with Gasteiger partial charge in [-0.25, -0.2) is 4.79 Å². The van der Waals surface area contributed by atoms with Crippen LogP contribution in [0.3, 0.4) is 0 Å². The van der Waals surface area contributed by atoms with Gasteiger partial charge in [0.05, 0.1) is 24.2 Å². The van der Waals surface area contributed by atoms with Crippen molar-refractivity contribution in [3.8, 4) is 0 Å². The number of hydrogen-bond donors (Lipinski definition) is 2. The van der Waals surface area contributed by atoms with E-state index in [9.17, 15) is 4.79 Å². The van der Waals surface area contributed by atoms with Crippen LogP contribution in [-0.2, 0) is 6.54 Å². The van der Waals surface area contributed by atoms with Crippen molar-refractivity contribution in [2.24, 2.45) is 0 Å². The van der Waals surface area contributed by atoms with E-state index in [2.05, 4.69) is 20.9 Å². The summed E-state index contributed by atoms with van der Waals surface area (Å²) >= 11 is 3.35. The molecule has 2 aromatic rings. The lowest BCUT2D eigenvalue weighted by atomic mass is 10.3. The number of hydrogen-bond acceptors (Lipinski definition) is 2. The predicted octanol–water partition coefficient (Wildman–Crippen LogP) is 1.08. The summed E-state index contributed by atoms with van der Waals surface area (Å²) in [5.41, 5.74) is 1.38. The van der Waals surface area contributed by atoms with Crippen LogP contribution in [0.2, 0.25) is 0 Å². The van der Waals surface area contributed by atoms with Crippen molar-refractivity contribution in [1.29, 1.82) is 0 Å². The Morgan fingerprint density at radius 1 is 1.50 bits per heavy atom. The smallest absolute Gasteiger partial charge is 0.326 e. The van der Waals surface area contributed by atoms with Crippen LogP contribution >= 0.6 is 15.9 Å². The lowest BCUT2D eigenvalue weighted by molar-refractivity contribution is 0.276. The lowest BCUT2D eigenvalue weighted by Gasteiger charge is -1.99. The van der Waals surface area contributed by atoms with Gasteiger partial charge in [-0.1, -0.05) is 6.07 Å². The average molecular weight is 257 g/mol. The maximum absolute atomic E-state index is 11.5. The first kappa shape index (κ1) is 9.48. The minimum Gasteiger partial charge on any atom is -0.395 e. The first-order valence-corrected chi connectivity index (χ1v) is 5.01. The zero-order chi connectivity index (χ0) is 10.1. The molecule has 74 valence electrons. The van der Waals surface area contributed by atoms with Crippen molar-refractivity contribution in [3.05, 3.63) is 33.2 Å². The van der Waals surface area contributed by atoms with E-state index in [1.54, 1.807) is 0 Å². The summed E-state index contributed by atoms with van der Waals surface area (Å²) in [6, 6.07) is 5.56. The third kappa shape index (κ3) is 1.38. The van der Waals surface area contributed by atoms with E-state index in [1.165, 1.54) is 4.57 Å². The number of aliphatic hydroxyl groups is 1. The highest BCUT2D eigenvalue weighted by Crippen LogP contribution is 2.20. The molecule has 0 amide bonds. The van der Waals surface area contributed by atoms with Crippen molar-refractivity contribution >= 4 is 27.0 Å². The summed E-state index contributed by atoms with van der Waals surface area (Å²) in [6.07, 6.45) is 0. The number of imidazole rings is 1. The molecule has 0 aliphatic rings. The largest absolute Gasteiger partial charge is 0.395 e. The molecule has 0 bridgehead atoms. The summed E-state index contributed by atoms with van der Waals surface area (Å²) in [4.78, 5) is 14.2. The van der Waals surface area contributed by atoms with Gasteiger partial charge in [0, 0.05) is 4.47 Å². The van der Waals surface area contributed by atoms with Crippen LogP contribution < -0.4 is 5.69 Å². The second-order valence-corrected chi connectivity index (χ2v) is 3.79. The van der Waals surface area contributed by atoms with Gasteiger partial charge < -0.3 is 10.1 Å². The molecule has 4 nitrogen and oxygen atoms in total. The van der Waals surface area contributed by atoms with Crippen molar-refractivity contribution in [1.82, 2.24) is 9.55 Å². The molecule has 1 aromatic carbocycles. The van der Waals surface area contributed by atoms with Gasteiger partial charge >= 0.3 is 5.69 Å². The fourth-order valence-corrected chi connectivity index (χ4v) is 1.92. The van der Waals surface area contributed by atoms with Gasteiger partial charge in [-0.15, -0.1) is 0 Å². The number of aromatic nitrogens is 2. The quantitative estimate of drug-likeness (QED) is 0.845. The molecule has 0 atom stereocenters. The zero-order valence-corrected chi connectivity index (χ0v) is 8.91.